The first-order valence-electron chi connectivity index (χ1n) is 6.00. The zero-order chi connectivity index (χ0) is 15.8. The van der Waals surface area contributed by atoms with Gasteiger partial charge in [-0.1, -0.05) is 29.3 Å². The maximum atomic E-state index is 12.7. The van der Waals surface area contributed by atoms with Crippen LogP contribution in [0.2, 0.25) is 10.0 Å². The van der Waals surface area contributed by atoms with Crippen molar-refractivity contribution in [2.75, 3.05) is 13.7 Å². The molecular formula is C12H13Cl2NO5S. The fourth-order valence-corrected chi connectivity index (χ4v) is 5.00. The SMILES string of the molecule is COC1CC(C(=O)O)N(S(=O)(=O)c2c(Cl)cccc2Cl)C1. The van der Waals surface area contributed by atoms with Crippen molar-refractivity contribution in [1.29, 1.82) is 0 Å². The van der Waals surface area contributed by atoms with E-state index >= 15 is 0 Å². The first kappa shape index (κ1) is 16.5. The first-order chi connectivity index (χ1) is 9.78. The predicted molar refractivity (Wildman–Crippen MR) is 77.2 cm³/mol. The summed E-state index contributed by atoms with van der Waals surface area (Å²) < 4.78 is 31.3. The second-order valence-corrected chi connectivity index (χ2v) is 7.21. The van der Waals surface area contributed by atoms with E-state index < -0.39 is 28.1 Å². The van der Waals surface area contributed by atoms with Gasteiger partial charge in [0, 0.05) is 20.1 Å². The summed E-state index contributed by atoms with van der Waals surface area (Å²) in [6.45, 7) is -0.0582. The number of halogens is 2. The lowest BCUT2D eigenvalue weighted by Crippen LogP contribution is -2.40. The van der Waals surface area contributed by atoms with Gasteiger partial charge in [0.2, 0.25) is 10.0 Å². The summed E-state index contributed by atoms with van der Waals surface area (Å²) in [5.74, 6) is -1.23. The van der Waals surface area contributed by atoms with Gasteiger partial charge in [-0.05, 0) is 12.1 Å². The Labute approximate surface area is 132 Å². The molecule has 2 atom stereocenters. The number of rotatable bonds is 4. The van der Waals surface area contributed by atoms with Crippen molar-refractivity contribution >= 4 is 39.2 Å². The number of hydrogen-bond acceptors (Lipinski definition) is 4. The van der Waals surface area contributed by atoms with Gasteiger partial charge in [-0.15, -0.1) is 0 Å². The van der Waals surface area contributed by atoms with E-state index in [1.807, 2.05) is 0 Å². The molecule has 0 aliphatic carbocycles. The summed E-state index contributed by atoms with van der Waals surface area (Å²) in [7, 11) is -2.72. The molecule has 1 aromatic carbocycles. The smallest absolute Gasteiger partial charge is 0.322 e. The van der Waals surface area contributed by atoms with E-state index in [0.717, 1.165) is 4.31 Å². The maximum Gasteiger partial charge on any atom is 0.322 e. The van der Waals surface area contributed by atoms with Gasteiger partial charge in [0.05, 0.1) is 16.1 Å². The molecule has 1 aromatic rings. The van der Waals surface area contributed by atoms with Gasteiger partial charge in [0.25, 0.3) is 0 Å². The molecule has 1 fully saturated rings. The van der Waals surface area contributed by atoms with Crippen LogP contribution in [0.5, 0.6) is 0 Å². The van der Waals surface area contributed by atoms with Crippen LogP contribution in [0.4, 0.5) is 0 Å². The van der Waals surface area contributed by atoms with E-state index in [9.17, 15) is 18.3 Å². The molecule has 0 aromatic heterocycles. The highest BCUT2D eigenvalue weighted by molar-refractivity contribution is 7.89. The summed E-state index contributed by atoms with van der Waals surface area (Å²) >= 11 is 11.8. The number of benzene rings is 1. The van der Waals surface area contributed by atoms with Gasteiger partial charge in [0.1, 0.15) is 10.9 Å². The van der Waals surface area contributed by atoms with Gasteiger partial charge in [-0.25, -0.2) is 8.42 Å². The van der Waals surface area contributed by atoms with Crippen LogP contribution in [0, 0.1) is 0 Å². The Bertz CT molecular complexity index is 643. The Balaban J connectivity index is 2.50. The number of sulfonamides is 1. The van der Waals surface area contributed by atoms with Crippen LogP contribution in [0.25, 0.3) is 0 Å². The number of carboxylic acid groups (broad SMARTS) is 1. The van der Waals surface area contributed by atoms with Crippen molar-refractivity contribution in [3.63, 3.8) is 0 Å². The predicted octanol–water partition coefficient (Wildman–Crippen LogP) is 1.86. The molecule has 2 rings (SSSR count). The lowest BCUT2D eigenvalue weighted by Gasteiger charge is -2.22. The summed E-state index contributed by atoms with van der Waals surface area (Å²) in [6.07, 6.45) is -0.408. The van der Waals surface area contributed by atoms with Crippen LogP contribution in [0.3, 0.4) is 0 Å². The van der Waals surface area contributed by atoms with E-state index in [-0.39, 0.29) is 27.9 Å². The third kappa shape index (κ3) is 3.02. The highest BCUT2D eigenvalue weighted by atomic mass is 35.5. The topological polar surface area (TPSA) is 83.9 Å². The van der Waals surface area contributed by atoms with Crippen LogP contribution in [0.1, 0.15) is 6.42 Å². The highest BCUT2D eigenvalue weighted by Crippen LogP contribution is 2.35. The monoisotopic (exact) mass is 353 g/mol. The van der Waals surface area contributed by atoms with Crippen molar-refractivity contribution in [2.24, 2.45) is 0 Å². The van der Waals surface area contributed by atoms with Crippen molar-refractivity contribution < 1.29 is 23.1 Å². The number of hydrogen-bond donors (Lipinski definition) is 1. The largest absolute Gasteiger partial charge is 0.480 e. The van der Waals surface area contributed by atoms with Crippen molar-refractivity contribution in [1.82, 2.24) is 4.31 Å². The van der Waals surface area contributed by atoms with E-state index in [0.29, 0.717) is 0 Å². The van der Waals surface area contributed by atoms with E-state index in [1.165, 1.54) is 25.3 Å². The third-order valence-corrected chi connectivity index (χ3v) is 6.15. The van der Waals surface area contributed by atoms with Crippen LogP contribution < -0.4 is 0 Å². The molecule has 0 bridgehead atoms. The standard InChI is InChI=1S/C12H13Cl2NO5S/c1-20-7-5-10(12(16)17)15(6-7)21(18,19)11-8(13)3-2-4-9(11)14/h2-4,7,10H,5-6H2,1H3,(H,16,17). The Hall–Kier alpha value is -0.860. The molecule has 9 heteroatoms. The number of ether oxygens (including phenoxy) is 1. The average molecular weight is 354 g/mol. The van der Waals surface area contributed by atoms with E-state index in [2.05, 4.69) is 0 Å². The average Bonchev–Trinajstić information content (AvgIpc) is 2.83. The minimum absolute atomic E-state index is 0.0486. The van der Waals surface area contributed by atoms with E-state index in [1.54, 1.807) is 0 Å². The summed E-state index contributed by atoms with van der Waals surface area (Å²) in [5, 5.41) is 9.12. The molecule has 0 radical (unpaired) electrons. The molecule has 1 saturated heterocycles. The minimum Gasteiger partial charge on any atom is -0.480 e. The van der Waals surface area contributed by atoms with Crippen molar-refractivity contribution in [3.8, 4) is 0 Å². The summed E-state index contributed by atoms with van der Waals surface area (Å²) in [4.78, 5) is 11.0. The van der Waals surface area contributed by atoms with Crippen LogP contribution in [0.15, 0.2) is 23.1 Å². The molecule has 6 nitrogen and oxygen atoms in total. The Kier molecular flexibility index (Phi) is 4.79. The number of carbonyl (C=O) groups is 1. The molecule has 1 aliphatic rings. The maximum absolute atomic E-state index is 12.7. The quantitative estimate of drug-likeness (QED) is 0.892. The van der Waals surface area contributed by atoms with E-state index in [4.69, 9.17) is 27.9 Å². The number of carboxylic acids is 1. The number of methoxy groups -OCH3 is 1. The number of nitrogens with zero attached hydrogens (tertiary/aromatic N) is 1. The zero-order valence-electron chi connectivity index (χ0n) is 11.0. The zero-order valence-corrected chi connectivity index (χ0v) is 13.3. The summed E-state index contributed by atoms with van der Waals surface area (Å²) in [6, 6.07) is 3.09. The fraction of sp³-hybridized carbons (Fsp3) is 0.417. The van der Waals surface area contributed by atoms with Gasteiger partial charge < -0.3 is 9.84 Å². The highest BCUT2D eigenvalue weighted by Gasteiger charge is 2.45. The second kappa shape index (κ2) is 6.10. The first-order valence-corrected chi connectivity index (χ1v) is 8.20. The van der Waals surface area contributed by atoms with Crippen LogP contribution in [-0.4, -0.2) is 49.6 Å². The molecule has 0 amide bonds. The molecule has 21 heavy (non-hydrogen) atoms. The lowest BCUT2D eigenvalue weighted by molar-refractivity contribution is -0.140. The molecule has 1 N–H and O–H groups in total. The normalized spacial score (nSPS) is 23.4. The van der Waals surface area contributed by atoms with Gasteiger partial charge >= 0.3 is 5.97 Å². The summed E-state index contributed by atoms with van der Waals surface area (Å²) in [5.41, 5.74) is 0. The number of aliphatic carboxylic acids is 1. The van der Waals surface area contributed by atoms with Crippen molar-refractivity contribution in [2.45, 2.75) is 23.5 Å². The van der Waals surface area contributed by atoms with Crippen LogP contribution >= 0.6 is 23.2 Å². The molecule has 2 unspecified atom stereocenters. The molecular weight excluding hydrogens is 341 g/mol. The minimum atomic E-state index is -4.13. The Morgan fingerprint density at radius 1 is 1.38 bits per heavy atom. The molecule has 116 valence electrons. The van der Waals surface area contributed by atoms with Gasteiger partial charge in [0.15, 0.2) is 0 Å². The molecule has 0 saturated carbocycles. The van der Waals surface area contributed by atoms with Crippen molar-refractivity contribution in [3.05, 3.63) is 28.2 Å². The lowest BCUT2D eigenvalue weighted by atomic mass is 10.2. The second-order valence-electron chi connectivity index (χ2n) is 4.57. The van der Waals surface area contributed by atoms with Gasteiger partial charge in [-0.2, -0.15) is 4.31 Å². The van der Waals surface area contributed by atoms with Crippen LogP contribution in [-0.2, 0) is 19.6 Å². The fourth-order valence-electron chi connectivity index (χ4n) is 2.28. The molecule has 1 heterocycles. The Morgan fingerprint density at radius 3 is 2.43 bits per heavy atom. The Morgan fingerprint density at radius 2 is 1.95 bits per heavy atom. The molecule has 1 aliphatic heterocycles. The molecule has 0 spiro atoms. The third-order valence-electron chi connectivity index (χ3n) is 3.32. The van der Waals surface area contributed by atoms with Gasteiger partial charge in [-0.3, -0.25) is 4.79 Å².